The fourth-order valence-electron chi connectivity index (χ4n) is 2.55. The zero-order valence-corrected chi connectivity index (χ0v) is 16.0. The van der Waals surface area contributed by atoms with Crippen LogP contribution in [0.25, 0.3) is 11.3 Å². The number of hydrogen-bond acceptors (Lipinski definition) is 6. The summed E-state index contributed by atoms with van der Waals surface area (Å²) >= 11 is 1.49. The van der Waals surface area contributed by atoms with Crippen molar-refractivity contribution in [1.82, 2.24) is 4.98 Å². The lowest BCUT2D eigenvalue weighted by Gasteiger charge is -2.07. The number of carbonyl (C=O) groups excluding carboxylic acids is 1. The summed E-state index contributed by atoms with van der Waals surface area (Å²) in [5, 5.41) is 19.7. The molecule has 0 fully saturated rings. The summed E-state index contributed by atoms with van der Waals surface area (Å²) in [5.74, 6) is -0.410. The molecule has 7 nitrogen and oxygen atoms in total. The highest BCUT2D eigenvalue weighted by molar-refractivity contribution is 7.14. The van der Waals surface area contributed by atoms with Gasteiger partial charge in [-0.3, -0.25) is 14.9 Å². The molecule has 1 amide bonds. The Morgan fingerprint density at radius 2 is 2.14 bits per heavy atom. The number of aryl methyl sites for hydroxylation is 1. The van der Waals surface area contributed by atoms with E-state index in [1.54, 1.807) is 31.2 Å². The lowest BCUT2D eigenvalue weighted by atomic mass is 10.1. The van der Waals surface area contributed by atoms with Gasteiger partial charge in [-0.25, -0.2) is 4.98 Å². The fourth-order valence-corrected chi connectivity index (χ4v) is 3.28. The molecule has 0 spiro atoms. The van der Waals surface area contributed by atoms with Crippen molar-refractivity contribution in [2.24, 2.45) is 0 Å². The molecule has 0 aliphatic carbocycles. The van der Waals surface area contributed by atoms with Crippen molar-refractivity contribution >= 4 is 33.8 Å². The number of carbonyl (C=O) groups is 1. The molecular formula is C20H18N4O3S. The second-order valence-corrected chi connectivity index (χ2v) is 6.86. The Kier molecular flexibility index (Phi) is 5.81. The van der Waals surface area contributed by atoms with Gasteiger partial charge in [0.15, 0.2) is 5.13 Å². The Hall–Kier alpha value is -3.52. The fraction of sp³-hybridized carbons (Fsp3) is 0.100. The van der Waals surface area contributed by atoms with E-state index in [9.17, 15) is 14.9 Å². The number of nitrogens with zero attached hydrogens (tertiary/aromatic N) is 2. The molecule has 0 unspecified atom stereocenters. The lowest BCUT2D eigenvalue weighted by Crippen LogP contribution is -2.12. The predicted molar refractivity (Wildman–Crippen MR) is 112 cm³/mol. The van der Waals surface area contributed by atoms with E-state index >= 15 is 0 Å². The largest absolute Gasteiger partial charge is 0.358 e. The molecule has 1 heterocycles. The first-order valence-corrected chi connectivity index (χ1v) is 9.33. The molecular weight excluding hydrogens is 376 g/mol. The molecule has 0 radical (unpaired) electrons. The van der Waals surface area contributed by atoms with Crippen molar-refractivity contribution in [1.29, 1.82) is 0 Å². The van der Waals surface area contributed by atoms with Gasteiger partial charge in [-0.15, -0.1) is 17.9 Å². The summed E-state index contributed by atoms with van der Waals surface area (Å²) in [6.45, 7) is 5.93. The number of nitro groups is 1. The van der Waals surface area contributed by atoms with Crippen molar-refractivity contribution in [3.05, 3.63) is 81.7 Å². The van der Waals surface area contributed by atoms with Crippen LogP contribution < -0.4 is 10.6 Å². The second kappa shape index (κ2) is 8.45. The summed E-state index contributed by atoms with van der Waals surface area (Å²) in [5.41, 5.74) is 2.89. The Balaban J connectivity index is 1.78. The zero-order chi connectivity index (χ0) is 20.1. The predicted octanol–water partition coefficient (Wildman–Crippen LogP) is 4.88. The number of anilines is 2. The van der Waals surface area contributed by atoms with E-state index < -0.39 is 10.8 Å². The highest BCUT2D eigenvalue weighted by Crippen LogP contribution is 2.27. The SMILES string of the molecule is C=CCNc1nc(-c2cccc(NC(=O)c3ccc(C)c([N+](=O)[O-])c3)c2)cs1. The Bertz CT molecular complexity index is 1050. The van der Waals surface area contributed by atoms with Crippen molar-refractivity contribution in [3.8, 4) is 11.3 Å². The maximum Gasteiger partial charge on any atom is 0.273 e. The normalized spacial score (nSPS) is 10.3. The monoisotopic (exact) mass is 394 g/mol. The molecule has 28 heavy (non-hydrogen) atoms. The lowest BCUT2D eigenvalue weighted by molar-refractivity contribution is -0.385. The smallest absolute Gasteiger partial charge is 0.273 e. The number of amides is 1. The number of thiazole rings is 1. The summed E-state index contributed by atoms with van der Waals surface area (Å²) in [4.78, 5) is 27.6. The Morgan fingerprint density at radius 1 is 1.32 bits per heavy atom. The molecule has 2 aromatic carbocycles. The summed E-state index contributed by atoms with van der Waals surface area (Å²) < 4.78 is 0. The van der Waals surface area contributed by atoms with E-state index in [2.05, 4.69) is 22.2 Å². The molecule has 0 atom stereocenters. The van der Waals surface area contributed by atoms with Gasteiger partial charge >= 0.3 is 0 Å². The minimum absolute atomic E-state index is 0.0802. The van der Waals surface area contributed by atoms with E-state index in [0.717, 1.165) is 16.4 Å². The standard InChI is InChI=1S/C20H18N4O3S/c1-3-9-21-20-23-17(12-28-20)14-5-4-6-16(10-14)22-19(25)15-8-7-13(2)18(11-15)24(26)27/h3-8,10-12H,1,9H2,2H3,(H,21,23)(H,22,25). The van der Waals surface area contributed by atoms with Gasteiger partial charge < -0.3 is 10.6 Å². The van der Waals surface area contributed by atoms with Gasteiger partial charge in [0.2, 0.25) is 0 Å². The van der Waals surface area contributed by atoms with Crippen LogP contribution in [0.2, 0.25) is 0 Å². The van der Waals surface area contributed by atoms with E-state index in [-0.39, 0.29) is 11.3 Å². The maximum atomic E-state index is 12.5. The third kappa shape index (κ3) is 4.41. The van der Waals surface area contributed by atoms with Crippen LogP contribution in [0.15, 0.2) is 60.5 Å². The van der Waals surface area contributed by atoms with E-state index in [1.165, 1.54) is 17.4 Å². The van der Waals surface area contributed by atoms with Gasteiger partial charge in [-0.2, -0.15) is 0 Å². The molecule has 142 valence electrons. The van der Waals surface area contributed by atoms with E-state index in [4.69, 9.17) is 0 Å². The highest BCUT2D eigenvalue weighted by Gasteiger charge is 2.15. The molecule has 1 aromatic heterocycles. The summed E-state index contributed by atoms with van der Waals surface area (Å²) in [6.07, 6.45) is 1.76. The zero-order valence-electron chi connectivity index (χ0n) is 15.1. The van der Waals surface area contributed by atoms with Crippen LogP contribution in [0.5, 0.6) is 0 Å². The van der Waals surface area contributed by atoms with Gasteiger partial charge in [0, 0.05) is 40.4 Å². The van der Waals surface area contributed by atoms with Gasteiger partial charge in [0.05, 0.1) is 10.6 Å². The first-order chi connectivity index (χ1) is 13.5. The number of hydrogen-bond donors (Lipinski definition) is 2. The average Bonchev–Trinajstić information content (AvgIpc) is 3.15. The third-order valence-electron chi connectivity index (χ3n) is 3.99. The summed E-state index contributed by atoms with van der Waals surface area (Å²) in [7, 11) is 0. The maximum absolute atomic E-state index is 12.5. The molecule has 3 rings (SSSR count). The van der Waals surface area contributed by atoms with Crippen LogP contribution in [0.3, 0.4) is 0 Å². The molecule has 0 aliphatic rings. The molecule has 0 saturated carbocycles. The minimum Gasteiger partial charge on any atom is -0.358 e. The molecule has 2 N–H and O–H groups in total. The molecule has 0 saturated heterocycles. The number of nitrogens with one attached hydrogen (secondary N) is 2. The topological polar surface area (TPSA) is 97.2 Å². The van der Waals surface area contributed by atoms with Gasteiger partial charge in [-0.05, 0) is 25.1 Å². The van der Waals surface area contributed by atoms with Crippen LogP contribution >= 0.6 is 11.3 Å². The highest BCUT2D eigenvalue weighted by atomic mass is 32.1. The number of benzene rings is 2. The van der Waals surface area contributed by atoms with Gasteiger partial charge in [0.25, 0.3) is 11.6 Å². The van der Waals surface area contributed by atoms with Crippen LogP contribution in [-0.2, 0) is 0 Å². The molecule has 8 heteroatoms. The number of nitro benzene ring substituents is 1. The van der Waals surface area contributed by atoms with E-state index in [1.807, 2.05) is 23.6 Å². The van der Waals surface area contributed by atoms with Crippen molar-refractivity contribution in [3.63, 3.8) is 0 Å². The number of rotatable bonds is 7. The van der Waals surface area contributed by atoms with E-state index in [0.29, 0.717) is 17.8 Å². The van der Waals surface area contributed by atoms with Crippen molar-refractivity contribution in [2.45, 2.75) is 6.92 Å². The van der Waals surface area contributed by atoms with Crippen LogP contribution in [0.4, 0.5) is 16.5 Å². The second-order valence-electron chi connectivity index (χ2n) is 6.00. The minimum atomic E-state index is -0.493. The average molecular weight is 394 g/mol. The Labute approximate surface area is 165 Å². The van der Waals surface area contributed by atoms with Crippen LogP contribution in [0.1, 0.15) is 15.9 Å². The van der Waals surface area contributed by atoms with Crippen molar-refractivity contribution < 1.29 is 9.72 Å². The molecule has 3 aromatic rings. The van der Waals surface area contributed by atoms with Crippen LogP contribution in [0, 0.1) is 17.0 Å². The first kappa shape index (κ1) is 19.2. The first-order valence-electron chi connectivity index (χ1n) is 8.45. The molecule has 0 aliphatic heterocycles. The quantitative estimate of drug-likeness (QED) is 0.338. The third-order valence-corrected chi connectivity index (χ3v) is 4.79. The van der Waals surface area contributed by atoms with Gasteiger partial charge in [-0.1, -0.05) is 24.3 Å². The van der Waals surface area contributed by atoms with Gasteiger partial charge in [0.1, 0.15) is 0 Å². The number of aromatic nitrogens is 1. The van der Waals surface area contributed by atoms with Crippen molar-refractivity contribution in [2.75, 3.05) is 17.2 Å². The Morgan fingerprint density at radius 3 is 2.89 bits per heavy atom. The molecule has 0 bridgehead atoms. The van der Waals surface area contributed by atoms with Crippen LogP contribution in [-0.4, -0.2) is 22.4 Å². The summed E-state index contributed by atoms with van der Waals surface area (Å²) in [6, 6.07) is 11.7.